The fourth-order valence-corrected chi connectivity index (χ4v) is 4.26. The molecule has 0 amide bonds. The van der Waals surface area contributed by atoms with Gasteiger partial charge in [0.15, 0.2) is 0 Å². The number of hydrogen-bond donors (Lipinski definition) is 0. The molecule has 0 aromatic carbocycles. The fraction of sp³-hybridized carbons (Fsp3) is 0.571. The summed E-state index contributed by atoms with van der Waals surface area (Å²) in [6.07, 6.45) is 12.2. The maximum absolute atomic E-state index is 12.2. The van der Waals surface area contributed by atoms with E-state index in [1.54, 1.807) is 6.92 Å². The van der Waals surface area contributed by atoms with Gasteiger partial charge in [-0.3, -0.25) is 8.98 Å². The van der Waals surface area contributed by atoms with E-state index in [2.05, 4.69) is 17.6 Å². The lowest BCUT2D eigenvalue weighted by atomic mass is 10.0. The molecule has 6 nitrogen and oxygen atoms in total. The van der Waals surface area contributed by atoms with E-state index in [9.17, 15) is 13.2 Å². The number of allylic oxidation sites excluding steroid dienone is 2. The Labute approximate surface area is 167 Å². The molecule has 1 aromatic rings. The van der Waals surface area contributed by atoms with Gasteiger partial charge in [-0.2, -0.15) is 8.42 Å². The van der Waals surface area contributed by atoms with Gasteiger partial charge >= 0.3 is 5.97 Å². The van der Waals surface area contributed by atoms with Crippen LogP contribution in [0.25, 0.3) is 12.2 Å². The molecule has 0 bridgehead atoms. The Hall–Kier alpha value is -1.86. The summed E-state index contributed by atoms with van der Waals surface area (Å²) in [6.45, 7) is 6.66. The van der Waals surface area contributed by atoms with Crippen LogP contribution in [0, 0.1) is 0 Å². The third kappa shape index (κ3) is 5.82. The number of rotatable bonds is 8. The molecule has 0 N–H and O–H groups in total. The Morgan fingerprint density at radius 1 is 1.32 bits per heavy atom. The van der Waals surface area contributed by atoms with Crippen molar-refractivity contribution in [3.05, 3.63) is 34.0 Å². The van der Waals surface area contributed by atoms with Crippen molar-refractivity contribution in [2.75, 3.05) is 12.9 Å². The number of ether oxygens (including phenoxy) is 1. The van der Waals surface area contributed by atoms with Gasteiger partial charge < -0.3 is 9.30 Å². The lowest BCUT2D eigenvalue weighted by Crippen LogP contribution is -2.37. The monoisotopic (exact) mass is 409 g/mol. The molecule has 1 atom stereocenters. The van der Waals surface area contributed by atoms with Crippen LogP contribution in [0.5, 0.6) is 0 Å². The van der Waals surface area contributed by atoms with Crippen LogP contribution in [0.2, 0.25) is 0 Å². The summed E-state index contributed by atoms with van der Waals surface area (Å²) in [5, 5.41) is 2.03. The molecule has 0 fully saturated rings. The first-order chi connectivity index (χ1) is 13.3. The Bertz CT molecular complexity index is 940. The summed E-state index contributed by atoms with van der Waals surface area (Å²) in [4.78, 5) is 12.2. The van der Waals surface area contributed by atoms with E-state index in [-0.39, 0.29) is 12.4 Å². The Kier molecular flexibility index (Phi) is 8.07. The summed E-state index contributed by atoms with van der Waals surface area (Å²) in [5.74, 6) is -0.248. The van der Waals surface area contributed by atoms with Crippen LogP contribution in [-0.4, -0.2) is 37.9 Å². The topological polar surface area (TPSA) is 74.6 Å². The molecule has 2 heterocycles. The zero-order chi connectivity index (χ0) is 20.7. The van der Waals surface area contributed by atoms with E-state index >= 15 is 0 Å². The highest BCUT2D eigenvalue weighted by Crippen LogP contribution is 2.20. The SMILES string of the molecule is C\C=C/C=c1/c(CC(=O)OCC)c2n(/c1=C\CCC)CC(OS(C)(=O)=O)CC2. The molecule has 1 aliphatic rings. The molecular weight excluding hydrogens is 378 g/mol. The highest BCUT2D eigenvalue weighted by Gasteiger charge is 2.27. The van der Waals surface area contributed by atoms with E-state index in [1.165, 1.54) is 0 Å². The highest BCUT2D eigenvalue weighted by molar-refractivity contribution is 7.86. The number of carbonyl (C=O) groups excluding carboxylic acids is 1. The average Bonchev–Trinajstić information content (AvgIpc) is 2.89. The minimum Gasteiger partial charge on any atom is -0.466 e. The number of esters is 1. The first-order valence-electron chi connectivity index (χ1n) is 9.88. The molecule has 1 aliphatic heterocycles. The van der Waals surface area contributed by atoms with E-state index in [4.69, 9.17) is 8.92 Å². The lowest BCUT2D eigenvalue weighted by molar-refractivity contribution is -0.142. The Morgan fingerprint density at radius 3 is 2.68 bits per heavy atom. The average molecular weight is 410 g/mol. The number of aromatic nitrogens is 1. The van der Waals surface area contributed by atoms with Gasteiger partial charge in [-0.25, -0.2) is 0 Å². The first-order valence-corrected chi connectivity index (χ1v) is 11.7. The first kappa shape index (κ1) is 22.4. The van der Waals surface area contributed by atoms with Crippen molar-refractivity contribution >= 4 is 28.2 Å². The molecule has 1 aromatic heterocycles. The van der Waals surface area contributed by atoms with Crippen LogP contribution < -0.4 is 10.6 Å². The van der Waals surface area contributed by atoms with E-state index in [1.807, 2.05) is 25.2 Å². The Morgan fingerprint density at radius 2 is 2.07 bits per heavy atom. The second-order valence-electron chi connectivity index (χ2n) is 6.96. The zero-order valence-corrected chi connectivity index (χ0v) is 18.0. The molecule has 0 radical (unpaired) electrons. The second-order valence-corrected chi connectivity index (χ2v) is 8.56. The third-order valence-electron chi connectivity index (χ3n) is 4.67. The molecule has 2 rings (SSSR count). The summed E-state index contributed by atoms with van der Waals surface area (Å²) >= 11 is 0. The minimum atomic E-state index is -3.52. The van der Waals surface area contributed by atoms with Crippen molar-refractivity contribution in [2.45, 2.75) is 65.5 Å². The number of unbranched alkanes of at least 4 members (excludes halogenated alkanes) is 1. The molecule has 0 aliphatic carbocycles. The maximum atomic E-state index is 12.2. The van der Waals surface area contributed by atoms with Gasteiger partial charge in [-0.15, -0.1) is 0 Å². The van der Waals surface area contributed by atoms with Gasteiger partial charge in [0.05, 0.1) is 31.9 Å². The molecule has 0 spiro atoms. The standard InChI is InChI=1S/C21H31NO5S/c1-5-8-10-17-18(14-21(23)26-7-3)20-13-12-16(27-28(4,24)25)15-22(20)19(17)11-9-6-2/h5,8,10-11,16H,6-7,9,12-15H2,1-4H3/b8-5-,17-10-,19-11-. The molecule has 0 saturated carbocycles. The fourth-order valence-electron chi connectivity index (χ4n) is 3.61. The smallest absolute Gasteiger partial charge is 0.310 e. The van der Waals surface area contributed by atoms with Crippen molar-refractivity contribution in [3.63, 3.8) is 0 Å². The van der Waals surface area contributed by atoms with Crippen molar-refractivity contribution in [1.29, 1.82) is 0 Å². The zero-order valence-electron chi connectivity index (χ0n) is 17.2. The van der Waals surface area contributed by atoms with Gasteiger partial charge in [0.1, 0.15) is 0 Å². The van der Waals surface area contributed by atoms with Gasteiger partial charge in [0.25, 0.3) is 10.1 Å². The Balaban J connectivity index is 2.62. The molecule has 28 heavy (non-hydrogen) atoms. The van der Waals surface area contributed by atoms with E-state index in [0.717, 1.165) is 40.9 Å². The quantitative estimate of drug-likeness (QED) is 0.484. The van der Waals surface area contributed by atoms with Crippen LogP contribution in [0.4, 0.5) is 0 Å². The van der Waals surface area contributed by atoms with E-state index in [0.29, 0.717) is 26.0 Å². The van der Waals surface area contributed by atoms with Crippen LogP contribution in [0.15, 0.2) is 12.2 Å². The van der Waals surface area contributed by atoms with Crippen LogP contribution >= 0.6 is 0 Å². The summed E-state index contributed by atoms with van der Waals surface area (Å²) in [6, 6.07) is 0. The number of carbonyl (C=O) groups is 1. The number of hydrogen-bond acceptors (Lipinski definition) is 5. The number of fused-ring (bicyclic) bond motifs is 1. The van der Waals surface area contributed by atoms with Gasteiger partial charge in [-0.1, -0.05) is 37.6 Å². The van der Waals surface area contributed by atoms with Crippen molar-refractivity contribution in [3.8, 4) is 0 Å². The lowest BCUT2D eigenvalue weighted by Gasteiger charge is -2.25. The third-order valence-corrected chi connectivity index (χ3v) is 5.30. The molecular formula is C21H31NO5S. The van der Waals surface area contributed by atoms with Gasteiger partial charge in [0.2, 0.25) is 0 Å². The molecule has 156 valence electrons. The number of nitrogens with zero attached hydrogens (tertiary/aromatic N) is 1. The van der Waals surface area contributed by atoms with Crippen molar-refractivity contribution in [1.82, 2.24) is 4.57 Å². The summed E-state index contributed by atoms with van der Waals surface area (Å²) < 4.78 is 35.7. The van der Waals surface area contributed by atoms with Crippen molar-refractivity contribution in [2.24, 2.45) is 0 Å². The van der Waals surface area contributed by atoms with Crippen LogP contribution in [-0.2, 0) is 43.2 Å². The van der Waals surface area contributed by atoms with Gasteiger partial charge in [0, 0.05) is 16.3 Å². The maximum Gasteiger partial charge on any atom is 0.310 e. The molecule has 1 unspecified atom stereocenters. The highest BCUT2D eigenvalue weighted by atomic mass is 32.2. The van der Waals surface area contributed by atoms with Crippen LogP contribution in [0.1, 0.15) is 51.3 Å². The minimum absolute atomic E-state index is 0.212. The van der Waals surface area contributed by atoms with Crippen LogP contribution in [0.3, 0.4) is 0 Å². The molecule has 7 heteroatoms. The normalized spacial score (nSPS) is 18.6. The van der Waals surface area contributed by atoms with E-state index < -0.39 is 16.2 Å². The van der Waals surface area contributed by atoms with Gasteiger partial charge in [-0.05, 0) is 38.7 Å². The molecule has 0 saturated heterocycles. The predicted molar refractivity (Wildman–Crippen MR) is 111 cm³/mol. The van der Waals surface area contributed by atoms with Crippen molar-refractivity contribution < 1.29 is 22.1 Å². The summed E-state index contributed by atoms with van der Waals surface area (Å²) in [5.41, 5.74) is 2.04. The second kappa shape index (κ2) is 10.1. The predicted octanol–water partition coefficient (Wildman–Crippen LogP) is 1.82. The largest absolute Gasteiger partial charge is 0.466 e. The summed E-state index contributed by atoms with van der Waals surface area (Å²) in [7, 11) is -3.52.